The van der Waals surface area contributed by atoms with Crippen molar-refractivity contribution in [3.05, 3.63) is 23.4 Å². The van der Waals surface area contributed by atoms with Gasteiger partial charge in [0, 0.05) is 17.3 Å². The van der Waals surface area contributed by atoms with Crippen molar-refractivity contribution in [3.63, 3.8) is 0 Å². The van der Waals surface area contributed by atoms with Crippen molar-refractivity contribution in [2.75, 3.05) is 17.6 Å². The first-order valence-corrected chi connectivity index (χ1v) is 6.15. The van der Waals surface area contributed by atoms with E-state index in [1.807, 2.05) is 0 Å². The van der Waals surface area contributed by atoms with E-state index in [1.165, 1.54) is 18.3 Å². The molecule has 8 heteroatoms. The number of methoxy groups -OCH3 is 1. The number of nitrogens with one attached hydrogen (secondary N) is 1. The molecule has 88 valence electrons. The maximum absolute atomic E-state index is 11.4. The minimum atomic E-state index is -3.81. The first-order valence-electron chi connectivity index (χ1n) is 4.12. The molecule has 1 heterocycles. The number of rotatable bonds is 4. The maximum Gasteiger partial charge on any atom is 0.322 e. The molecule has 0 amide bonds. The lowest BCUT2D eigenvalue weighted by atomic mass is 10.5. The minimum Gasteiger partial charge on any atom is -0.468 e. The topological polar surface area (TPSA) is 85.4 Å². The number of carbonyl (C=O) groups is 1. The molecule has 0 unspecified atom stereocenters. The number of nitrogens with zero attached hydrogens (tertiary/aromatic N) is 1. The lowest BCUT2D eigenvalue weighted by molar-refractivity contribution is -0.137. The van der Waals surface area contributed by atoms with Gasteiger partial charge in [0.25, 0.3) is 0 Å². The molecule has 1 rings (SSSR count). The normalized spacial score (nSPS) is 10.9. The number of pyridine rings is 1. The molecule has 0 spiro atoms. The van der Waals surface area contributed by atoms with Crippen molar-refractivity contribution < 1.29 is 17.9 Å². The van der Waals surface area contributed by atoms with Gasteiger partial charge in [-0.05, 0) is 6.07 Å². The summed E-state index contributed by atoms with van der Waals surface area (Å²) in [7, 11) is -2.70. The Bertz CT molecular complexity index is 489. The molecule has 0 saturated carbocycles. The molecular formula is C8H9ClN2O4S. The van der Waals surface area contributed by atoms with Gasteiger partial charge in [-0.1, -0.05) is 11.6 Å². The number of hydrogen-bond acceptors (Lipinski definition) is 5. The number of carbonyl (C=O) groups excluding carboxylic acids is 1. The summed E-state index contributed by atoms with van der Waals surface area (Å²) in [5.41, 5.74) is 0. The second kappa shape index (κ2) is 5.13. The SMILES string of the molecule is COC(=O)CS(=O)(=O)Nc1cc(Cl)ccn1. The van der Waals surface area contributed by atoms with E-state index >= 15 is 0 Å². The van der Waals surface area contributed by atoms with Crippen LogP contribution >= 0.6 is 11.6 Å². The van der Waals surface area contributed by atoms with Crippen LogP contribution in [-0.2, 0) is 19.6 Å². The van der Waals surface area contributed by atoms with Gasteiger partial charge < -0.3 is 4.74 Å². The predicted octanol–water partition coefficient (Wildman–Crippen LogP) is 0.650. The fourth-order valence-electron chi connectivity index (χ4n) is 0.870. The minimum absolute atomic E-state index is 0.0522. The molecule has 1 aromatic rings. The molecule has 0 aliphatic carbocycles. The summed E-state index contributed by atoms with van der Waals surface area (Å²) in [6.07, 6.45) is 1.35. The van der Waals surface area contributed by atoms with Crippen LogP contribution in [0.1, 0.15) is 0 Å². The molecule has 0 radical (unpaired) electrons. The van der Waals surface area contributed by atoms with Gasteiger partial charge in [-0.2, -0.15) is 0 Å². The Morgan fingerprint density at radius 3 is 2.88 bits per heavy atom. The Hall–Kier alpha value is -1.34. The summed E-state index contributed by atoms with van der Waals surface area (Å²) in [5.74, 6) is -1.57. The second-order valence-corrected chi connectivity index (χ2v) is 4.96. The smallest absolute Gasteiger partial charge is 0.322 e. The number of aromatic nitrogens is 1. The molecular weight excluding hydrogens is 256 g/mol. The average Bonchev–Trinajstić information content (AvgIpc) is 2.15. The fraction of sp³-hybridized carbons (Fsp3) is 0.250. The first kappa shape index (κ1) is 12.7. The third-order valence-corrected chi connectivity index (χ3v) is 2.89. The zero-order chi connectivity index (χ0) is 12.2. The number of esters is 1. The number of anilines is 1. The maximum atomic E-state index is 11.4. The van der Waals surface area contributed by atoms with Crippen molar-refractivity contribution in [2.45, 2.75) is 0 Å². The van der Waals surface area contributed by atoms with E-state index in [9.17, 15) is 13.2 Å². The highest BCUT2D eigenvalue weighted by atomic mass is 35.5. The van der Waals surface area contributed by atoms with E-state index in [-0.39, 0.29) is 5.82 Å². The monoisotopic (exact) mass is 264 g/mol. The third kappa shape index (κ3) is 4.03. The summed E-state index contributed by atoms with van der Waals surface area (Å²) < 4.78 is 29.1. The molecule has 1 aromatic heterocycles. The van der Waals surface area contributed by atoms with Gasteiger partial charge in [0.05, 0.1) is 7.11 Å². The quantitative estimate of drug-likeness (QED) is 0.807. The summed E-state index contributed by atoms with van der Waals surface area (Å²) in [4.78, 5) is 14.5. The van der Waals surface area contributed by atoms with Crippen LogP contribution in [0.4, 0.5) is 5.82 Å². The van der Waals surface area contributed by atoms with E-state index < -0.39 is 21.7 Å². The zero-order valence-electron chi connectivity index (χ0n) is 8.31. The average molecular weight is 265 g/mol. The van der Waals surface area contributed by atoms with E-state index in [2.05, 4.69) is 14.4 Å². The molecule has 0 fully saturated rings. The molecule has 1 N–H and O–H groups in total. The number of hydrogen-bond donors (Lipinski definition) is 1. The zero-order valence-corrected chi connectivity index (χ0v) is 9.88. The van der Waals surface area contributed by atoms with Crippen LogP contribution in [0.25, 0.3) is 0 Å². The molecule has 16 heavy (non-hydrogen) atoms. The number of sulfonamides is 1. The summed E-state index contributed by atoms with van der Waals surface area (Å²) in [6, 6.07) is 2.83. The van der Waals surface area contributed by atoms with Crippen molar-refractivity contribution in [2.24, 2.45) is 0 Å². The first-order chi connectivity index (χ1) is 7.43. The van der Waals surface area contributed by atoms with Gasteiger partial charge in [0.2, 0.25) is 10.0 Å². The Labute approximate surface area is 97.6 Å². The van der Waals surface area contributed by atoms with Crippen LogP contribution in [0.15, 0.2) is 18.3 Å². The summed E-state index contributed by atoms with van der Waals surface area (Å²) >= 11 is 5.64. The number of ether oxygens (including phenoxy) is 1. The Morgan fingerprint density at radius 1 is 1.62 bits per heavy atom. The molecule has 0 aromatic carbocycles. The highest BCUT2D eigenvalue weighted by Gasteiger charge is 2.17. The van der Waals surface area contributed by atoms with Crippen LogP contribution in [-0.4, -0.2) is 32.2 Å². The highest BCUT2D eigenvalue weighted by molar-refractivity contribution is 7.93. The summed E-state index contributed by atoms with van der Waals surface area (Å²) in [6.45, 7) is 0. The van der Waals surface area contributed by atoms with Gasteiger partial charge in [-0.25, -0.2) is 13.4 Å². The molecule has 6 nitrogen and oxygen atoms in total. The fourth-order valence-corrected chi connectivity index (χ4v) is 1.96. The van der Waals surface area contributed by atoms with E-state index in [0.29, 0.717) is 5.02 Å². The van der Waals surface area contributed by atoms with Gasteiger partial charge in [-0.3, -0.25) is 9.52 Å². The second-order valence-electron chi connectivity index (χ2n) is 2.80. The largest absolute Gasteiger partial charge is 0.468 e. The van der Waals surface area contributed by atoms with Crippen LogP contribution in [0, 0.1) is 0 Å². The Morgan fingerprint density at radius 2 is 2.31 bits per heavy atom. The van der Waals surface area contributed by atoms with E-state index in [1.54, 1.807) is 0 Å². The van der Waals surface area contributed by atoms with Gasteiger partial charge in [0.1, 0.15) is 5.82 Å². The van der Waals surface area contributed by atoms with Crippen LogP contribution < -0.4 is 4.72 Å². The van der Waals surface area contributed by atoms with Crippen molar-refractivity contribution >= 4 is 33.4 Å². The van der Waals surface area contributed by atoms with Crippen molar-refractivity contribution in [3.8, 4) is 0 Å². The lowest BCUT2D eigenvalue weighted by Gasteiger charge is -2.05. The van der Waals surface area contributed by atoms with Crippen molar-refractivity contribution in [1.82, 2.24) is 4.98 Å². The Balaban J connectivity index is 2.77. The standard InChI is InChI=1S/C8H9ClN2O4S/c1-15-8(12)5-16(13,14)11-7-4-6(9)2-3-10-7/h2-4H,5H2,1H3,(H,10,11). The predicted molar refractivity (Wildman–Crippen MR) is 58.7 cm³/mol. The summed E-state index contributed by atoms with van der Waals surface area (Å²) in [5, 5.41) is 0.339. The lowest BCUT2D eigenvalue weighted by Crippen LogP contribution is -2.24. The van der Waals surface area contributed by atoms with Crippen LogP contribution in [0.2, 0.25) is 5.02 Å². The molecule has 0 atom stereocenters. The number of halogens is 1. The van der Waals surface area contributed by atoms with Gasteiger partial charge >= 0.3 is 5.97 Å². The highest BCUT2D eigenvalue weighted by Crippen LogP contribution is 2.12. The molecule has 0 saturated heterocycles. The van der Waals surface area contributed by atoms with E-state index in [4.69, 9.17) is 11.6 Å². The van der Waals surface area contributed by atoms with Gasteiger partial charge in [-0.15, -0.1) is 0 Å². The molecule has 0 bridgehead atoms. The van der Waals surface area contributed by atoms with Crippen LogP contribution in [0.5, 0.6) is 0 Å². The Kier molecular flexibility index (Phi) is 4.08. The molecule has 0 aliphatic rings. The third-order valence-electron chi connectivity index (χ3n) is 1.52. The van der Waals surface area contributed by atoms with Crippen molar-refractivity contribution in [1.29, 1.82) is 0 Å². The van der Waals surface area contributed by atoms with Gasteiger partial charge in [0.15, 0.2) is 5.75 Å². The van der Waals surface area contributed by atoms with E-state index in [0.717, 1.165) is 7.11 Å². The van der Waals surface area contributed by atoms with Crippen LogP contribution in [0.3, 0.4) is 0 Å². The molecule has 0 aliphatic heterocycles.